The van der Waals surface area contributed by atoms with E-state index >= 15 is 0 Å². The maximum atomic E-state index is 11.8. The number of hydrogen-bond donors (Lipinski definition) is 1. The SMILES string of the molecule is COCC(N)C(=O)N(C)Cc1cccc(C#N)c1. The predicted octanol–water partition coefficient (Wildman–Crippen LogP) is 0.490. The van der Waals surface area contributed by atoms with Crippen molar-refractivity contribution in [1.29, 1.82) is 5.26 Å². The highest BCUT2D eigenvalue weighted by Gasteiger charge is 2.17. The molecule has 0 heterocycles. The lowest BCUT2D eigenvalue weighted by atomic mass is 10.1. The molecule has 1 amide bonds. The van der Waals surface area contributed by atoms with Gasteiger partial charge in [0, 0.05) is 20.7 Å². The van der Waals surface area contributed by atoms with Crippen LogP contribution in [0.5, 0.6) is 0 Å². The summed E-state index contributed by atoms with van der Waals surface area (Å²) >= 11 is 0. The monoisotopic (exact) mass is 247 g/mol. The lowest BCUT2D eigenvalue weighted by molar-refractivity contribution is -0.132. The molecule has 2 N–H and O–H groups in total. The molecule has 0 bridgehead atoms. The van der Waals surface area contributed by atoms with E-state index in [0.29, 0.717) is 12.1 Å². The van der Waals surface area contributed by atoms with Crippen LogP contribution in [0.1, 0.15) is 11.1 Å². The van der Waals surface area contributed by atoms with Crippen LogP contribution in [0.2, 0.25) is 0 Å². The fraction of sp³-hybridized carbons (Fsp3) is 0.385. The van der Waals surface area contributed by atoms with Gasteiger partial charge in [-0.3, -0.25) is 4.79 Å². The molecule has 0 aromatic heterocycles. The molecule has 1 rings (SSSR count). The number of rotatable bonds is 5. The van der Waals surface area contributed by atoms with Crippen molar-refractivity contribution in [3.8, 4) is 6.07 Å². The molecule has 0 saturated carbocycles. The van der Waals surface area contributed by atoms with Gasteiger partial charge < -0.3 is 15.4 Å². The average molecular weight is 247 g/mol. The van der Waals surface area contributed by atoms with Crippen LogP contribution in [-0.2, 0) is 16.1 Å². The Bertz CT molecular complexity index is 454. The molecule has 5 nitrogen and oxygen atoms in total. The Morgan fingerprint density at radius 3 is 2.94 bits per heavy atom. The molecule has 0 spiro atoms. The van der Waals surface area contributed by atoms with E-state index in [0.717, 1.165) is 5.56 Å². The van der Waals surface area contributed by atoms with E-state index in [9.17, 15) is 4.79 Å². The Kier molecular flexibility index (Phi) is 5.31. The number of ether oxygens (including phenoxy) is 1. The summed E-state index contributed by atoms with van der Waals surface area (Å²) in [6.45, 7) is 0.618. The first-order valence-corrected chi connectivity index (χ1v) is 5.57. The second-order valence-corrected chi connectivity index (χ2v) is 4.07. The molecule has 0 fully saturated rings. The largest absolute Gasteiger partial charge is 0.383 e. The van der Waals surface area contributed by atoms with Crippen molar-refractivity contribution < 1.29 is 9.53 Å². The van der Waals surface area contributed by atoms with Gasteiger partial charge in [0.15, 0.2) is 0 Å². The minimum absolute atomic E-state index is 0.181. The number of nitrogens with zero attached hydrogens (tertiary/aromatic N) is 2. The summed E-state index contributed by atoms with van der Waals surface area (Å²) in [5, 5.41) is 8.80. The number of amides is 1. The summed E-state index contributed by atoms with van der Waals surface area (Å²) in [7, 11) is 3.18. The molecule has 0 aliphatic carbocycles. The van der Waals surface area contributed by atoms with Crippen LogP contribution >= 0.6 is 0 Å². The zero-order valence-corrected chi connectivity index (χ0v) is 10.6. The number of hydrogen-bond acceptors (Lipinski definition) is 4. The summed E-state index contributed by atoms with van der Waals surface area (Å²) in [5.74, 6) is -0.181. The van der Waals surface area contributed by atoms with E-state index in [1.165, 1.54) is 12.0 Å². The first kappa shape index (κ1) is 14.2. The van der Waals surface area contributed by atoms with Gasteiger partial charge in [-0.25, -0.2) is 0 Å². The molecule has 1 aromatic rings. The molecule has 18 heavy (non-hydrogen) atoms. The molecular formula is C13H17N3O2. The van der Waals surface area contributed by atoms with Crippen molar-refractivity contribution in [3.05, 3.63) is 35.4 Å². The number of carbonyl (C=O) groups is 1. The van der Waals surface area contributed by atoms with E-state index in [1.807, 2.05) is 6.07 Å². The van der Waals surface area contributed by atoms with Gasteiger partial charge in [-0.15, -0.1) is 0 Å². The van der Waals surface area contributed by atoms with Crippen LogP contribution in [0.25, 0.3) is 0 Å². The van der Waals surface area contributed by atoms with Crippen molar-refractivity contribution in [2.75, 3.05) is 20.8 Å². The van der Waals surface area contributed by atoms with Gasteiger partial charge in [0.25, 0.3) is 0 Å². The van der Waals surface area contributed by atoms with Gasteiger partial charge in [-0.1, -0.05) is 12.1 Å². The normalized spacial score (nSPS) is 11.7. The highest BCUT2D eigenvalue weighted by molar-refractivity contribution is 5.81. The Morgan fingerprint density at radius 2 is 2.33 bits per heavy atom. The van der Waals surface area contributed by atoms with E-state index < -0.39 is 6.04 Å². The van der Waals surface area contributed by atoms with Gasteiger partial charge >= 0.3 is 0 Å². The summed E-state index contributed by atoms with van der Waals surface area (Å²) in [5.41, 5.74) is 7.15. The maximum absolute atomic E-state index is 11.8. The van der Waals surface area contributed by atoms with Gasteiger partial charge in [0.05, 0.1) is 18.2 Å². The summed E-state index contributed by atoms with van der Waals surface area (Å²) in [6.07, 6.45) is 0. The van der Waals surface area contributed by atoms with Gasteiger partial charge in [-0.2, -0.15) is 5.26 Å². The minimum atomic E-state index is -0.654. The standard InChI is InChI=1S/C13H17N3O2/c1-16(13(17)12(15)9-18-2)8-11-5-3-4-10(6-11)7-14/h3-6,12H,8-9,15H2,1-2H3. The third-order valence-electron chi connectivity index (χ3n) is 2.52. The molecular weight excluding hydrogens is 230 g/mol. The van der Waals surface area contributed by atoms with Crippen LogP contribution in [0.4, 0.5) is 0 Å². The van der Waals surface area contributed by atoms with E-state index in [4.69, 9.17) is 15.7 Å². The van der Waals surface area contributed by atoms with Crippen LogP contribution in [-0.4, -0.2) is 37.6 Å². The van der Waals surface area contributed by atoms with Crippen molar-refractivity contribution in [2.45, 2.75) is 12.6 Å². The summed E-state index contributed by atoms with van der Waals surface area (Å²) < 4.78 is 4.85. The molecule has 1 unspecified atom stereocenters. The minimum Gasteiger partial charge on any atom is -0.383 e. The van der Waals surface area contributed by atoms with Crippen LogP contribution in [0.15, 0.2) is 24.3 Å². The Labute approximate surface area is 107 Å². The zero-order chi connectivity index (χ0) is 13.5. The van der Waals surface area contributed by atoms with Gasteiger partial charge in [0.1, 0.15) is 6.04 Å². The molecule has 96 valence electrons. The van der Waals surface area contributed by atoms with E-state index in [-0.39, 0.29) is 12.5 Å². The molecule has 0 aliphatic heterocycles. The third kappa shape index (κ3) is 3.84. The van der Waals surface area contributed by atoms with Crippen molar-refractivity contribution >= 4 is 5.91 Å². The summed E-state index contributed by atoms with van der Waals surface area (Å²) in [4.78, 5) is 13.4. The number of carbonyl (C=O) groups excluding carboxylic acids is 1. The topological polar surface area (TPSA) is 79.3 Å². The lowest BCUT2D eigenvalue weighted by Gasteiger charge is -2.21. The van der Waals surface area contributed by atoms with E-state index in [2.05, 4.69) is 6.07 Å². The first-order chi connectivity index (χ1) is 8.58. The predicted molar refractivity (Wildman–Crippen MR) is 67.5 cm³/mol. The number of methoxy groups -OCH3 is 1. The Morgan fingerprint density at radius 1 is 1.61 bits per heavy atom. The van der Waals surface area contributed by atoms with Gasteiger partial charge in [-0.05, 0) is 17.7 Å². The fourth-order valence-corrected chi connectivity index (χ4v) is 1.62. The quantitative estimate of drug-likeness (QED) is 0.821. The van der Waals surface area contributed by atoms with Crippen LogP contribution in [0.3, 0.4) is 0 Å². The Hall–Kier alpha value is -1.90. The Balaban J connectivity index is 2.66. The van der Waals surface area contributed by atoms with Gasteiger partial charge in [0.2, 0.25) is 5.91 Å². The molecule has 0 aliphatic rings. The molecule has 0 radical (unpaired) electrons. The number of benzene rings is 1. The van der Waals surface area contributed by atoms with Crippen molar-refractivity contribution in [3.63, 3.8) is 0 Å². The molecule has 5 heteroatoms. The number of likely N-dealkylation sites (N-methyl/N-ethyl adjacent to an activating group) is 1. The maximum Gasteiger partial charge on any atom is 0.241 e. The lowest BCUT2D eigenvalue weighted by Crippen LogP contribution is -2.44. The molecule has 0 saturated heterocycles. The van der Waals surface area contributed by atoms with Crippen molar-refractivity contribution in [1.82, 2.24) is 4.90 Å². The highest BCUT2D eigenvalue weighted by atomic mass is 16.5. The highest BCUT2D eigenvalue weighted by Crippen LogP contribution is 2.07. The summed E-state index contributed by atoms with van der Waals surface area (Å²) in [6, 6.07) is 8.55. The van der Waals surface area contributed by atoms with Crippen LogP contribution in [0, 0.1) is 11.3 Å². The average Bonchev–Trinajstić information content (AvgIpc) is 2.38. The second kappa shape index (κ2) is 6.74. The molecule has 1 atom stereocenters. The zero-order valence-electron chi connectivity index (χ0n) is 10.6. The third-order valence-corrected chi connectivity index (χ3v) is 2.52. The fourth-order valence-electron chi connectivity index (χ4n) is 1.62. The smallest absolute Gasteiger partial charge is 0.241 e. The first-order valence-electron chi connectivity index (χ1n) is 5.57. The van der Waals surface area contributed by atoms with Crippen molar-refractivity contribution in [2.24, 2.45) is 5.73 Å². The molecule has 1 aromatic carbocycles. The van der Waals surface area contributed by atoms with E-state index in [1.54, 1.807) is 25.2 Å². The number of nitriles is 1. The second-order valence-electron chi connectivity index (χ2n) is 4.07. The van der Waals surface area contributed by atoms with Crippen LogP contribution < -0.4 is 5.73 Å². The number of nitrogens with two attached hydrogens (primary N) is 1.